The standard InChI is InChI=1S/C24H21FN2O3S2/c1-4-30-23(29)20-14(2)26-24-27(21(20)16-7-11-18(31-3)12-8-16)22(28)19(32-24)13-15-5-9-17(25)10-6-15/h5-13,21H,4H2,1-3H3/b19-13-. The van der Waals surface area contributed by atoms with Gasteiger partial charge in [-0.25, -0.2) is 14.2 Å². The van der Waals surface area contributed by atoms with E-state index in [2.05, 4.69) is 4.99 Å². The molecule has 1 unspecified atom stereocenters. The first-order valence-electron chi connectivity index (χ1n) is 10.0. The molecule has 32 heavy (non-hydrogen) atoms. The van der Waals surface area contributed by atoms with E-state index in [1.807, 2.05) is 30.5 Å². The molecule has 5 nitrogen and oxygen atoms in total. The summed E-state index contributed by atoms with van der Waals surface area (Å²) >= 11 is 2.86. The Morgan fingerprint density at radius 1 is 1.22 bits per heavy atom. The van der Waals surface area contributed by atoms with Crippen molar-refractivity contribution in [1.82, 2.24) is 4.57 Å². The van der Waals surface area contributed by atoms with Crippen LogP contribution in [0.4, 0.5) is 4.39 Å². The second kappa shape index (κ2) is 9.26. The van der Waals surface area contributed by atoms with Crippen LogP contribution in [0.3, 0.4) is 0 Å². The van der Waals surface area contributed by atoms with Gasteiger partial charge in [-0.1, -0.05) is 35.6 Å². The van der Waals surface area contributed by atoms with Gasteiger partial charge in [0.1, 0.15) is 5.82 Å². The third kappa shape index (κ3) is 4.20. The highest BCUT2D eigenvalue weighted by molar-refractivity contribution is 7.98. The molecule has 0 N–H and O–H groups in total. The van der Waals surface area contributed by atoms with Crippen LogP contribution in [0.5, 0.6) is 0 Å². The quantitative estimate of drug-likeness (QED) is 0.424. The van der Waals surface area contributed by atoms with Crippen molar-refractivity contribution in [2.24, 2.45) is 4.99 Å². The normalized spacial score (nSPS) is 16.0. The van der Waals surface area contributed by atoms with Gasteiger partial charge in [0.05, 0.1) is 28.5 Å². The van der Waals surface area contributed by atoms with E-state index in [1.54, 1.807) is 48.4 Å². The monoisotopic (exact) mass is 468 g/mol. The minimum atomic E-state index is -0.642. The fourth-order valence-electron chi connectivity index (χ4n) is 3.60. The number of thioether (sulfide) groups is 1. The molecule has 1 atom stereocenters. The van der Waals surface area contributed by atoms with Gasteiger partial charge in [0, 0.05) is 4.90 Å². The van der Waals surface area contributed by atoms with Crippen LogP contribution in [0.25, 0.3) is 6.08 Å². The molecule has 0 aliphatic carbocycles. The summed E-state index contributed by atoms with van der Waals surface area (Å²) in [4.78, 5) is 32.5. The first kappa shape index (κ1) is 22.2. The number of carbonyl (C=O) groups is 1. The summed E-state index contributed by atoms with van der Waals surface area (Å²) in [7, 11) is 0. The summed E-state index contributed by atoms with van der Waals surface area (Å²) in [5.74, 6) is -0.826. The Morgan fingerprint density at radius 3 is 2.53 bits per heavy atom. The highest BCUT2D eigenvalue weighted by Gasteiger charge is 2.33. The summed E-state index contributed by atoms with van der Waals surface area (Å²) in [6, 6.07) is 13.1. The molecule has 1 aromatic heterocycles. The Morgan fingerprint density at radius 2 is 1.91 bits per heavy atom. The van der Waals surface area contributed by atoms with Gasteiger partial charge in [-0.05, 0) is 61.6 Å². The van der Waals surface area contributed by atoms with Gasteiger partial charge >= 0.3 is 5.97 Å². The molecule has 8 heteroatoms. The largest absolute Gasteiger partial charge is 0.463 e. The lowest BCUT2D eigenvalue weighted by Crippen LogP contribution is -2.39. The van der Waals surface area contributed by atoms with Crippen LogP contribution in [0.1, 0.15) is 31.0 Å². The number of carbonyl (C=O) groups excluding carboxylic acids is 1. The number of benzene rings is 2. The molecule has 1 aliphatic rings. The number of allylic oxidation sites excluding steroid dienone is 1. The van der Waals surface area contributed by atoms with Gasteiger partial charge < -0.3 is 4.74 Å². The van der Waals surface area contributed by atoms with Gasteiger partial charge in [-0.15, -0.1) is 11.8 Å². The van der Waals surface area contributed by atoms with E-state index < -0.39 is 12.0 Å². The van der Waals surface area contributed by atoms with Crippen molar-refractivity contribution in [2.75, 3.05) is 12.9 Å². The molecule has 1 aliphatic heterocycles. The first-order chi connectivity index (χ1) is 15.4. The molecule has 0 fully saturated rings. The fourth-order valence-corrected chi connectivity index (χ4v) is 5.06. The average molecular weight is 469 g/mol. The lowest BCUT2D eigenvalue weighted by molar-refractivity contribution is -0.139. The van der Waals surface area contributed by atoms with Crippen LogP contribution >= 0.6 is 23.1 Å². The van der Waals surface area contributed by atoms with E-state index in [-0.39, 0.29) is 18.0 Å². The van der Waals surface area contributed by atoms with Crippen LogP contribution in [0.15, 0.2) is 74.5 Å². The van der Waals surface area contributed by atoms with Crippen LogP contribution < -0.4 is 14.9 Å². The predicted octanol–water partition coefficient (Wildman–Crippen LogP) is 3.66. The van der Waals surface area contributed by atoms with Crippen molar-refractivity contribution in [1.29, 1.82) is 0 Å². The summed E-state index contributed by atoms with van der Waals surface area (Å²) in [5.41, 5.74) is 2.13. The van der Waals surface area contributed by atoms with Crippen LogP contribution in [-0.4, -0.2) is 23.4 Å². The Labute approximate surface area is 192 Å². The molecule has 0 bridgehead atoms. The third-order valence-electron chi connectivity index (χ3n) is 5.12. The molecular weight excluding hydrogens is 447 g/mol. The highest BCUT2D eigenvalue weighted by Crippen LogP contribution is 2.31. The van der Waals surface area contributed by atoms with E-state index in [0.29, 0.717) is 26.2 Å². The zero-order chi connectivity index (χ0) is 22.8. The first-order valence-corrected chi connectivity index (χ1v) is 12.1. The number of nitrogens with zero attached hydrogens (tertiary/aromatic N) is 2. The predicted molar refractivity (Wildman–Crippen MR) is 125 cm³/mol. The maximum Gasteiger partial charge on any atom is 0.338 e. The van der Waals surface area contributed by atoms with Gasteiger partial charge in [0.15, 0.2) is 4.80 Å². The molecule has 2 aromatic carbocycles. The van der Waals surface area contributed by atoms with Crippen molar-refractivity contribution in [3.63, 3.8) is 0 Å². The number of rotatable bonds is 5. The maximum atomic E-state index is 13.5. The van der Waals surface area contributed by atoms with Gasteiger partial charge in [0.25, 0.3) is 5.56 Å². The molecule has 0 amide bonds. The van der Waals surface area contributed by atoms with Crippen LogP contribution in [0.2, 0.25) is 0 Å². The lowest BCUT2D eigenvalue weighted by Gasteiger charge is -2.24. The van der Waals surface area contributed by atoms with Gasteiger partial charge in [-0.2, -0.15) is 0 Å². The molecule has 0 saturated carbocycles. The van der Waals surface area contributed by atoms with E-state index in [9.17, 15) is 14.0 Å². The molecule has 164 valence electrons. The molecule has 0 saturated heterocycles. The third-order valence-corrected chi connectivity index (χ3v) is 6.84. The second-order valence-electron chi connectivity index (χ2n) is 7.13. The average Bonchev–Trinajstić information content (AvgIpc) is 3.09. The number of aromatic nitrogens is 1. The second-order valence-corrected chi connectivity index (χ2v) is 9.02. The minimum Gasteiger partial charge on any atom is -0.463 e. The molecule has 4 rings (SSSR count). The van der Waals surface area contributed by atoms with Crippen LogP contribution in [0, 0.1) is 5.82 Å². The van der Waals surface area contributed by atoms with E-state index in [4.69, 9.17) is 4.74 Å². The molecule has 2 heterocycles. The lowest BCUT2D eigenvalue weighted by atomic mass is 9.96. The summed E-state index contributed by atoms with van der Waals surface area (Å²) in [5, 5.41) is 0. The molecular formula is C24H21FN2O3S2. The highest BCUT2D eigenvalue weighted by atomic mass is 32.2. The molecule has 3 aromatic rings. The number of fused-ring (bicyclic) bond motifs is 1. The smallest absolute Gasteiger partial charge is 0.338 e. The van der Waals surface area contributed by atoms with E-state index >= 15 is 0 Å². The number of thiazole rings is 1. The topological polar surface area (TPSA) is 60.7 Å². The maximum absolute atomic E-state index is 13.5. The van der Waals surface area contributed by atoms with Gasteiger partial charge in [0.2, 0.25) is 0 Å². The van der Waals surface area contributed by atoms with Crippen molar-refractivity contribution in [3.05, 3.63) is 96.4 Å². The summed E-state index contributed by atoms with van der Waals surface area (Å²) in [6.45, 7) is 3.73. The number of hydrogen-bond acceptors (Lipinski definition) is 6. The summed E-state index contributed by atoms with van der Waals surface area (Å²) < 4.78 is 20.6. The number of hydrogen-bond donors (Lipinski definition) is 0. The number of halogens is 1. The fraction of sp³-hybridized carbons (Fsp3) is 0.208. The molecule has 0 radical (unpaired) electrons. The Kier molecular flexibility index (Phi) is 6.43. The van der Waals surface area contributed by atoms with Crippen molar-refractivity contribution < 1.29 is 13.9 Å². The Balaban J connectivity index is 1.93. The van der Waals surface area contributed by atoms with E-state index in [1.165, 1.54) is 23.5 Å². The van der Waals surface area contributed by atoms with Crippen molar-refractivity contribution in [2.45, 2.75) is 24.8 Å². The number of ether oxygens (including phenoxy) is 1. The van der Waals surface area contributed by atoms with E-state index in [0.717, 1.165) is 10.5 Å². The summed E-state index contributed by atoms with van der Waals surface area (Å²) in [6.07, 6.45) is 3.70. The van der Waals surface area contributed by atoms with Crippen molar-refractivity contribution in [3.8, 4) is 0 Å². The zero-order valence-electron chi connectivity index (χ0n) is 17.8. The SMILES string of the molecule is CCOC(=O)C1=C(C)N=c2s/c(=C\c3ccc(F)cc3)c(=O)n2C1c1ccc(SC)cc1. The Bertz CT molecular complexity index is 1370. The van der Waals surface area contributed by atoms with Crippen LogP contribution in [-0.2, 0) is 9.53 Å². The van der Waals surface area contributed by atoms with Crippen molar-refractivity contribution >= 4 is 35.1 Å². The Hall–Kier alpha value is -2.97. The molecule has 0 spiro atoms. The zero-order valence-corrected chi connectivity index (χ0v) is 19.4. The minimum absolute atomic E-state index is 0.225. The van der Waals surface area contributed by atoms with Gasteiger partial charge in [-0.3, -0.25) is 9.36 Å². The number of esters is 1.